The SMILES string of the molecule is O=C(NCC(=O)N1CCN(c2ccccc2)CC1)C1CC(c2ccc(Cl)s2)=NO1. The van der Waals surface area contributed by atoms with Crippen LogP contribution in [0.25, 0.3) is 0 Å². The molecule has 1 N–H and O–H groups in total. The number of hydrogen-bond acceptors (Lipinski definition) is 6. The minimum Gasteiger partial charge on any atom is -0.382 e. The Hall–Kier alpha value is -2.58. The highest BCUT2D eigenvalue weighted by Gasteiger charge is 2.30. The van der Waals surface area contributed by atoms with Crippen LogP contribution < -0.4 is 10.2 Å². The van der Waals surface area contributed by atoms with E-state index in [0.29, 0.717) is 29.6 Å². The number of nitrogens with one attached hydrogen (secondary N) is 1. The smallest absolute Gasteiger partial charge is 0.264 e. The van der Waals surface area contributed by atoms with Crippen molar-refractivity contribution in [1.29, 1.82) is 0 Å². The van der Waals surface area contributed by atoms with Crippen LogP contribution >= 0.6 is 22.9 Å². The topological polar surface area (TPSA) is 74.2 Å². The number of rotatable bonds is 5. The molecular formula is C20H21ClN4O3S. The maximum atomic E-state index is 12.5. The third-order valence-corrected chi connectivity index (χ3v) is 6.27. The number of hydrogen-bond donors (Lipinski definition) is 1. The van der Waals surface area contributed by atoms with Gasteiger partial charge < -0.3 is 20.0 Å². The lowest BCUT2D eigenvalue weighted by molar-refractivity contribution is -0.136. The summed E-state index contributed by atoms with van der Waals surface area (Å²) in [6.45, 7) is 2.78. The molecule has 1 unspecified atom stereocenters. The normalized spacial score (nSPS) is 18.9. The first-order valence-electron chi connectivity index (χ1n) is 9.44. The number of thiophene rings is 1. The van der Waals surface area contributed by atoms with E-state index in [1.165, 1.54) is 11.3 Å². The van der Waals surface area contributed by atoms with Gasteiger partial charge in [0.05, 0.1) is 15.8 Å². The predicted octanol–water partition coefficient (Wildman–Crippen LogP) is 2.36. The fraction of sp³-hybridized carbons (Fsp3) is 0.350. The third kappa shape index (κ3) is 4.71. The van der Waals surface area contributed by atoms with Gasteiger partial charge in [-0.2, -0.15) is 0 Å². The highest BCUT2D eigenvalue weighted by molar-refractivity contribution is 7.18. The minimum absolute atomic E-state index is 0.0375. The first-order valence-corrected chi connectivity index (χ1v) is 10.6. The lowest BCUT2D eigenvalue weighted by atomic mass is 10.1. The number of para-hydroxylation sites is 1. The fourth-order valence-corrected chi connectivity index (χ4v) is 4.41. The van der Waals surface area contributed by atoms with Crippen LogP contribution in [-0.2, 0) is 14.4 Å². The van der Waals surface area contributed by atoms with Gasteiger partial charge in [-0.15, -0.1) is 11.3 Å². The summed E-state index contributed by atoms with van der Waals surface area (Å²) in [4.78, 5) is 35.0. The summed E-state index contributed by atoms with van der Waals surface area (Å²) in [5, 5.41) is 6.66. The highest BCUT2D eigenvalue weighted by Crippen LogP contribution is 2.26. The van der Waals surface area contributed by atoms with Crippen LogP contribution in [0.15, 0.2) is 47.6 Å². The number of halogens is 1. The molecule has 1 aromatic carbocycles. The molecule has 1 saturated heterocycles. The van der Waals surface area contributed by atoms with Gasteiger partial charge in [0, 0.05) is 38.3 Å². The summed E-state index contributed by atoms with van der Waals surface area (Å²) in [6.07, 6.45) is -0.347. The van der Waals surface area contributed by atoms with Crippen LogP contribution in [-0.4, -0.2) is 61.3 Å². The Bertz CT molecular complexity index is 909. The van der Waals surface area contributed by atoms with E-state index in [1.54, 1.807) is 11.0 Å². The van der Waals surface area contributed by atoms with Gasteiger partial charge in [0.2, 0.25) is 12.0 Å². The van der Waals surface area contributed by atoms with Crippen LogP contribution in [0.1, 0.15) is 11.3 Å². The summed E-state index contributed by atoms with van der Waals surface area (Å²) < 4.78 is 0.661. The molecule has 2 aromatic rings. The van der Waals surface area contributed by atoms with Crippen LogP contribution in [0, 0.1) is 0 Å². The molecule has 0 spiro atoms. The second kappa shape index (κ2) is 8.84. The Morgan fingerprint density at radius 2 is 1.90 bits per heavy atom. The van der Waals surface area contributed by atoms with Crippen molar-refractivity contribution in [1.82, 2.24) is 10.2 Å². The van der Waals surface area contributed by atoms with Crippen LogP contribution in [0.4, 0.5) is 5.69 Å². The lowest BCUT2D eigenvalue weighted by Crippen LogP contribution is -2.51. The molecule has 152 valence electrons. The molecule has 2 aliphatic heterocycles. The quantitative estimate of drug-likeness (QED) is 0.787. The molecule has 3 heterocycles. The van der Waals surface area contributed by atoms with Gasteiger partial charge >= 0.3 is 0 Å². The molecule has 4 rings (SSSR count). The fourth-order valence-electron chi connectivity index (χ4n) is 3.37. The number of oxime groups is 1. The Morgan fingerprint density at radius 1 is 1.14 bits per heavy atom. The summed E-state index contributed by atoms with van der Waals surface area (Å²) >= 11 is 7.33. The van der Waals surface area contributed by atoms with E-state index in [1.807, 2.05) is 24.3 Å². The molecular weight excluding hydrogens is 412 g/mol. The summed E-state index contributed by atoms with van der Waals surface area (Å²) in [7, 11) is 0. The van der Waals surface area contributed by atoms with Gasteiger partial charge in [0.25, 0.3) is 5.91 Å². The molecule has 7 nitrogen and oxygen atoms in total. The van der Waals surface area contributed by atoms with Crippen molar-refractivity contribution in [3.05, 3.63) is 51.7 Å². The number of nitrogens with zero attached hydrogens (tertiary/aromatic N) is 3. The lowest BCUT2D eigenvalue weighted by Gasteiger charge is -2.36. The Balaban J connectivity index is 1.21. The Kier molecular flexibility index (Phi) is 6.01. The zero-order chi connectivity index (χ0) is 20.2. The maximum Gasteiger partial charge on any atom is 0.264 e. The summed E-state index contributed by atoms with van der Waals surface area (Å²) in [5.41, 5.74) is 1.86. The minimum atomic E-state index is -0.714. The van der Waals surface area contributed by atoms with Gasteiger partial charge in [-0.1, -0.05) is 35.0 Å². The van der Waals surface area contributed by atoms with Crippen molar-refractivity contribution in [3.8, 4) is 0 Å². The standard InChI is InChI=1S/C20H21ClN4O3S/c21-18-7-6-17(29-18)15-12-16(28-23-15)20(27)22-13-19(26)25-10-8-24(9-11-25)14-4-2-1-3-5-14/h1-7,16H,8-13H2,(H,22,27). The van der Waals surface area contributed by atoms with Crippen LogP contribution in [0.3, 0.4) is 0 Å². The number of amides is 2. The second-order valence-corrected chi connectivity index (χ2v) is 8.58. The van der Waals surface area contributed by atoms with E-state index in [0.717, 1.165) is 23.7 Å². The zero-order valence-electron chi connectivity index (χ0n) is 15.7. The molecule has 9 heteroatoms. The first kappa shape index (κ1) is 19.7. The van der Waals surface area contributed by atoms with Gasteiger partial charge in [-0.05, 0) is 24.3 Å². The van der Waals surface area contributed by atoms with E-state index in [-0.39, 0.29) is 18.4 Å². The monoisotopic (exact) mass is 432 g/mol. The van der Waals surface area contributed by atoms with Crippen molar-refractivity contribution in [2.24, 2.45) is 5.16 Å². The zero-order valence-corrected chi connectivity index (χ0v) is 17.3. The molecule has 2 aliphatic rings. The summed E-state index contributed by atoms with van der Waals surface area (Å²) in [6, 6.07) is 13.8. The van der Waals surface area contributed by atoms with Crippen molar-refractivity contribution >= 4 is 46.2 Å². The number of carbonyl (C=O) groups excluding carboxylic acids is 2. The number of benzene rings is 1. The Morgan fingerprint density at radius 3 is 2.59 bits per heavy atom. The van der Waals surface area contributed by atoms with Crippen LogP contribution in [0.5, 0.6) is 0 Å². The molecule has 0 saturated carbocycles. The van der Waals surface area contributed by atoms with E-state index in [2.05, 4.69) is 27.5 Å². The molecule has 2 amide bonds. The van der Waals surface area contributed by atoms with Crippen molar-refractivity contribution in [3.63, 3.8) is 0 Å². The molecule has 1 fully saturated rings. The number of anilines is 1. The van der Waals surface area contributed by atoms with E-state index < -0.39 is 6.10 Å². The van der Waals surface area contributed by atoms with Crippen LogP contribution in [0.2, 0.25) is 4.34 Å². The number of piperazine rings is 1. The van der Waals surface area contributed by atoms with E-state index in [4.69, 9.17) is 16.4 Å². The highest BCUT2D eigenvalue weighted by atomic mass is 35.5. The molecule has 1 aromatic heterocycles. The molecule has 0 aliphatic carbocycles. The van der Waals surface area contributed by atoms with Gasteiger partial charge in [-0.3, -0.25) is 9.59 Å². The largest absolute Gasteiger partial charge is 0.382 e. The van der Waals surface area contributed by atoms with Crippen molar-refractivity contribution in [2.45, 2.75) is 12.5 Å². The van der Waals surface area contributed by atoms with E-state index >= 15 is 0 Å². The predicted molar refractivity (Wildman–Crippen MR) is 114 cm³/mol. The van der Waals surface area contributed by atoms with Crippen molar-refractivity contribution in [2.75, 3.05) is 37.6 Å². The van der Waals surface area contributed by atoms with E-state index in [9.17, 15) is 9.59 Å². The second-order valence-electron chi connectivity index (χ2n) is 6.86. The van der Waals surface area contributed by atoms with Gasteiger partial charge in [0.15, 0.2) is 0 Å². The molecule has 29 heavy (non-hydrogen) atoms. The summed E-state index contributed by atoms with van der Waals surface area (Å²) in [5.74, 6) is -0.419. The Labute approximate surface area is 177 Å². The molecule has 1 atom stereocenters. The molecule has 0 bridgehead atoms. The van der Waals surface area contributed by atoms with Crippen molar-refractivity contribution < 1.29 is 14.4 Å². The first-order chi connectivity index (χ1) is 14.1. The maximum absolute atomic E-state index is 12.5. The average Bonchev–Trinajstić information content (AvgIpc) is 3.42. The molecule has 0 radical (unpaired) electrons. The average molecular weight is 433 g/mol. The number of carbonyl (C=O) groups is 2. The van der Waals surface area contributed by atoms with Gasteiger partial charge in [-0.25, -0.2) is 0 Å². The third-order valence-electron chi connectivity index (χ3n) is 4.99. The van der Waals surface area contributed by atoms with Gasteiger partial charge in [0.1, 0.15) is 5.71 Å².